The molecule has 1 aliphatic heterocycles. The molecule has 0 unspecified atom stereocenters. The molecule has 2 N–H and O–H groups in total. The molecule has 3 atom stereocenters. The van der Waals surface area contributed by atoms with Gasteiger partial charge in [0.25, 0.3) is 5.72 Å². The minimum Gasteiger partial charge on any atom is -0.435 e. The summed E-state index contributed by atoms with van der Waals surface area (Å²) in [7, 11) is 0.729. The first-order valence-corrected chi connectivity index (χ1v) is 9.30. The van der Waals surface area contributed by atoms with Gasteiger partial charge in [-0.15, -0.1) is 11.3 Å². The topological polar surface area (TPSA) is 78.9 Å². The van der Waals surface area contributed by atoms with Crippen LogP contribution < -0.4 is 10.1 Å². The Labute approximate surface area is 170 Å². The minimum absolute atomic E-state index is 0.00403. The van der Waals surface area contributed by atoms with Crippen LogP contribution in [0.25, 0.3) is 0 Å². The molecule has 2 amide bonds. The Morgan fingerprint density at radius 2 is 1.90 bits per heavy atom. The van der Waals surface area contributed by atoms with Crippen LogP contribution in [0, 0.1) is 5.92 Å². The van der Waals surface area contributed by atoms with Crippen molar-refractivity contribution in [3.63, 3.8) is 0 Å². The predicted molar refractivity (Wildman–Crippen MR) is 95.3 cm³/mol. The lowest BCUT2D eigenvalue weighted by Crippen LogP contribution is -2.72. The van der Waals surface area contributed by atoms with Crippen molar-refractivity contribution in [2.45, 2.75) is 24.6 Å². The molecule has 1 aliphatic rings. The van der Waals surface area contributed by atoms with Crippen molar-refractivity contribution in [3.05, 3.63) is 52.2 Å². The summed E-state index contributed by atoms with van der Waals surface area (Å²) in [6, 6.07) is 4.31. The van der Waals surface area contributed by atoms with Crippen LogP contribution in [-0.4, -0.2) is 47.4 Å². The fraction of sp³-hybridized carbons (Fsp3) is 0.333. The van der Waals surface area contributed by atoms with E-state index in [4.69, 9.17) is 0 Å². The van der Waals surface area contributed by atoms with Gasteiger partial charge in [-0.25, -0.2) is 4.79 Å². The third kappa shape index (κ3) is 3.72. The molecular formula is C18H15F5N2O4S. The van der Waals surface area contributed by atoms with Crippen LogP contribution in [0.4, 0.5) is 26.7 Å². The highest BCUT2D eigenvalue weighted by Crippen LogP contribution is 2.48. The second kappa shape index (κ2) is 7.84. The van der Waals surface area contributed by atoms with E-state index in [0.29, 0.717) is 0 Å². The number of aliphatic hydroxyl groups is 1. The SMILES string of the molecule is CN1C(=O)N[C@@H](c2ccc(OC(F)F)cc2)[C@H](C(=O)c2cccs2)[C@]1(O)C(F)(F)F. The van der Waals surface area contributed by atoms with Gasteiger partial charge in [0.1, 0.15) is 11.7 Å². The summed E-state index contributed by atoms with van der Waals surface area (Å²) < 4.78 is 70.8. The predicted octanol–water partition coefficient (Wildman–Crippen LogP) is 3.80. The molecule has 0 bridgehead atoms. The first-order valence-electron chi connectivity index (χ1n) is 8.42. The molecule has 0 radical (unpaired) electrons. The Morgan fingerprint density at radius 3 is 2.40 bits per heavy atom. The third-order valence-corrected chi connectivity index (χ3v) is 5.67. The van der Waals surface area contributed by atoms with Gasteiger partial charge in [0.15, 0.2) is 5.78 Å². The summed E-state index contributed by atoms with van der Waals surface area (Å²) in [5.41, 5.74) is -3.81. The van der Waals surface area contributed by atoms with Gasteiger partial charge in [-0.3, -0.25) is 9.69 Å². The zero-order chi connectivity index (χ0) is 22.3. The number of rotatable bonds is 5. The Kier molecular flexibility index (Phi) is 5.74. The maximum atomic E-state index is 14.0. The van der Waals surface area contributed by atoms with Crippen molar-refractivity contribution in [1.82, 2.24) is 10.2 Å². The van der Waals surface area contributed by atoms with E-state index in [1.165, 1.54) is 17.5 Å². The van der Waals surface area contributed by atoms with Gasteiger partial charge in [0, 0.05) is 7.05 Å². The van der Waals surface area contributed by atoms with Crippen LogP contribution >= 0.6 is 11.3 Å². The van der Waals surface area contributed by atoms with E-state index in [2.05, 4.69) is 10.1 Å². The number of nitrogens with zero attached hydrogens (tertiary/aromatic N) is 1. The number of carbonyl (C=O) groups excluding carboxylic acids is 2. The van der Waals surface area contributed by atoms with Crippen LogP contribution in [0.1, 0.15) is 21.3 Å². The summed E-state index contributed by atoms with van der Waals surface area (Å²) in [6.07, 6.45) is -5.37. The minimum atomic E-state index is -5.37. The number of benzene rings is 1. The second-order valence-corrected chi connectivity index (χ2v) is 7.42. The van der Waals surface area contributed by atoms with Gasteiger partial charge in [-0.05, 0) is 29.1 Å². The lowest BCUT2D eigenvalue weighted by atomic mass is 9.78. The van der Waals surface area contributed by atoms with E-state index in [0.717, 1.165) is 42.6 Å². The van der Waals surface area contributed by atoms with E-state index in [1.807, 2.05) is 0 Å². The van der Waals surface area contributed by atoms with Crippen molar-refractivity contribution < 1.29 is 41.4 Å². The molecule has 0 spiro atoms. The number of ether oxygens (including phenoxy) is 1. The van der Waals surface area contributed by atoms with Crippen molar-refractivity contribution in [1.29, 1.82) is 0 Å². The van der Waals surface area contributed by atoms with Gasteiger partial charge >= 0.3 is 18.8 Å². The Hall–Kier alpha value is -2.73. The number of carbonyl (C=O) groups is 2. The number of hydrogen-bond acceptors (Lipinski definition) is 5. The fourth-order valence-corrected chi connectivity index (χ4v) is 4.02. The average Bonchev–Trinajstić information content (AvgIpc) is 3.19. The number of Topliss-reactive ketones (excluding diaryl/α,β-unsaturated/α-hetero) is 1. The van der Waals surface area contributed by atoms with Crippen LogP contribution in [-0.2, 0) is 0 Å². The Bertz CT molecular complexity index is 920. The zero-order valence-corrected chi connectivity index (χ0v) is 16.0. The van der Waals surface area contributed by atoms with Crippen LogP contribution in [0.15, 0.2) is 41.8 Å². The number of ketones is 1. The molecule has 1 aromatic heterocycles. The number of halogens is 5. The molecule has 1 aromatic carbocycles. The van der Waals surface area contributed by atoms with Crippen LogP contribution in [0.2, 0.25) is 0 Å². The van der Waals surface area contributed by atoms with E-state index >= 15 is 0 Å². The van der Waals surface area contributed by atoms with Crippen molar-refractivity contribution in [3.8, 4) is 5.75 Å². The molecule has 162 valence electrons. The van der Waals surface area contributed by atoms with Gasteiger partial charge in [0.2, 0.25) is 0 Å². The molecule has 2 aromatic rings. The molecule has 1 saturated heterocycles. The second-order valence-electron chi connectivity index (χ2n) is 6.48. The number of hydrogen-bond donors (Lipinski definition) is 2. The van der Waals surface area contributed by atoms with Gasteiger partial charge < -0.3 is 15.2 Å². The quantitative estimate of drug-likeness (QED) is 0.537. The van der Waals surface area contributed by atoms with Gasteiger partial charge in [-0.1, -0.05) is 18.2 Å². The lowest BCUT2D eigenvalue weighted by molar-refractivity contribution is -0.322. The number of amides is 2. The van der Waals surface area contributed by atoms with E-state index in [-0.39, 0.29) is 21.1 Å². The first kappa shape index (κ1) is 22.0. The molecule has 3 rings (SSSR count). The molecule has 1 fully saturated rings. The molecule has 30 heavy (non-hydrogen) atoms. The van der Waals surface area contributed by atoms with Crippen LogP contribution in [0.5, 0.6) is 5.75 Å². The number of urea groups is 1. The van der Waals surface area contributed by atoms with Crippen molar-refractivity contribution >= 4 is 23.2 Å². The highest BCUT2D eigenvalue weighted by atomic mass is 32.1. The number of nitrogens with one attached hydrogen (secondary N) is 1. The summed E-state index contributed by atoms with van der Waals surface area (Å²) in [4.78, 5) is 25.2. The highest BCUT2D eigenvalue weighted by molar-refractivity contribution is 7.12. The smallest absolute Gasteiger partial charge is 0.435 e. The van der Waals surface area contributed by atoms with Gasteiger partial charge in [-0.2, -0.15) is 22.0 Å². The Balaban J connectivity index is 2.11. The molecule has 12 heteroatoms. The Morgan fingerprint density at radius 1 is 1.27 bits per heavy atom. The molecule has 2 heterocycles. The molecule has 6 nitrogen and oxygen atoms in total. The molecule has 0 saturated carbocycles. The largest absolute Gasteiger partial charge is 0.437 e. The zero-order valence-electron chi connectivity index (χ0n) is 15.2. The van der Waals surface area contributed by atoms with E-state index in [1.54, 1.807) is 0 Å². The van der Waals surface area contributed by atoms with Crippen molar-refractivity contribution in [2.24, 2.45) is 5.92 Å². The molecule has 0 aliphatic carbocycles. The van der Waals surface area contributed by atoms with Crippen LogP contribution in [0.3, 0.4) is 0 Å². The third-order valence-electron chi connectivity index (χ3n) is 4.79. The average molecular weight is 450 g/mol. The standard InChI is InChI=1S/C18H15F5N2O4S/c1-25-16(27)24-13(9-4-6-10(7-5-9)29-15(19)20)12(17(25,28)18(21,22)23)14(26)11-3-2-8-30-11/h2-8,12-13,15,28H,1H3,(H,24,27)/t12-,13+,17+/m1/s1. The summed E-state index contributed by atoms with van der Waals surface area (Å²) in [5.74, 6) is -3.46. The van der Waals surface area contributed by atoms with E-state index < -0.39 is 42.3 Å². The first-order chi connectivity index (χ1) is 14.0. The monoisotopic (exact) mass is 450 g/mol. The highest BCUT2D eigenvalue weighted by Gasteiger charge is 2.69. The summed E-state index contributed by atoms with van der Waals surface area (Å²) >= 11 is 0.882. The summed E-state index contributed by atoms with van der Waals surface area (Å²) in [6.45, 7) is -3.11. The lowest BCUT2D eigenvalue weighted by Gasteiger charge is -2.49. The molecular weight excluding hydrogens is 435 g/mol. The maximum Gasteiger partial charge on any atom is 0.437 e. The summed E-state index contributed by atoms with van der Waals surface area (Å²) in [5, 5.41) is 14.4. The van der Waals surface area contributed by atoms with E-state index in [9.17, 15) is 36.6 Å². The fourth-order valence-electron chi connectivity index (χ4n) is 3.31. The van der Waals surface area contributed by atoms with Crippen molar-refractivity contribution in [2.75, 3.05) is 7.05 Å². The van der Waals surface area contributed by atoms with Gasteiger partial charge in [0.05, 0.1) is 10.9 Å². The number of thiophene rings is 1. The maximum absolute atomic E-state index is 14.0. The normalized spacial score (nSPS) is 24.7. The number of alkyl halides is 5.